The van der Waals surface area contributed by atoms with Crippen molar-refractivity contribution in [3.63, 3.8) is 0 Å². The molecule has 24 heavy (non-hydrogen) atoms. The van der Waals surface area contributed by atoms with Gasteiger partial charge in [0.05, 0.1) is 27.8 Å². The highest BCUT2D eigenvalue weighted by atomic mass is 35.5. The van der Waals surface area contributed by atoms with Gasteiger partial charge in [0.1, 0.15) is 11.5 Å². The molecule has 0 saturated heterocycles. The summed E-state index contributed by atoms with van der Waals surface area (Å²) in [6.45, 7) is 0.520. The summed E-state index contributed by atoms with van der Waals surface area (Å²) >= 11 is 17.8. The van der Waals surface area contributed by atoms with Gasteiger partial charge in [-0.3, -0.25) is 4.79 Å². The minimum atomic E-state index is -0.492. The van der Waals surface area contributed by atoms with E-state index in [9.17, 15) is 4.79 Å². The van der Waals surface area contributed by atoms with Gasteiger partial charge >= 0.3 is 0 Å². The summed E-state index contributed by atoms with van der Waals surface area (Å²) in [5.74, 6) is 0.0289. The lowest BCUT2D eigenvalue weighted by atomic mass is 10.2. The van der Waals surface area contributed by atoms with E-state index in [2.05, 4.69) is 15.4 Å². The number of pyridine rings is 1. The van der Waals surface area contributed by atoms with Gasteiger partial charge in [-0.25, -0.2) is 9.67 Å². The lowest BCUT2D eigenvalue weighted by Gasteiger charge is -2.10. The summed E-state index contributed by atoms with van der Waals surface area (Å²) in [4.78, 5) is 16.3. The van der Waals surface area contributed by atoms with Crippen molar-refractivity contribution < 1.29 is 4.79 Å². The zero-order chi connectivity index (χ0) is 17.1. The molecule has 0 fully saturated rings. The summed E-state index contributed by atoms with van der Waals surface area (Å²) in [6.07, 6.45) is 2.88. The summed E-state index contributed by atoms with van der Waals surface area (Å²) in [6, 6.07) is 11.5. The Morgan fingerprint density at radius 3 is 2.58 bits per heavy atom. The van der Waals surface area contributed by atoms with Crippen LogP contribution in [0.15, 0.2) is 48.8 Å². The highest BCUT2D eigenvalue weighted by Gasteiger charge is 2.18. The van der Waals surface area contributed by atoms with Gasteiger partial charge in [-0.05, 0) is 5.56 Å². The monoisotopic (exact) mass is 380 g/mol. The first kappa shape index (κ1) is 16.8. The van der Waals surface area contributed by atoms with E-state index in [0.717, 1.165) is 5.56 Å². The number of hydrogen-bond donors (Lipinski definition) is 1. The second-order valence-corrected chi connectivity index (χ2v) is 6.06. The second-order valence-electron chi connectivity index (χ2n) is 4.90. The van der Waals surface area contributed by atoms with E-state index < -0.39 is 5.91 Å². The van der Waals surface area contributed by atoms with Crippen molar-refractivity contribution in [1.29, 1.82) is 0 Å². The van der Waals surface area contributed by atoms with E-state index in [1.54, 1.807) is 16.9 Å². The minimum absolute atomic E-state index is 0.00136. The quantitative estimate of drug-likeness (QED) is 0.722. The fourth-order valence-corrected chi connectivity index (χ4v) is 2.66. The third kappa shape index (κ3) is 3.53. The number of amides is 1. The first-order valence-electron chi connectivity index (χ1n) is 6.93. The first-order chi connectivity index (χ1) is 11.6. The van der Waals surface area contributed by atoms with Crippen LogP contribution in [0.4, 0.5) is 5.82 Å². The molecular formula is C16H11Cl3N4O. The van der Waals surface area contributed by atoms with Crippen LogP contribution in [0.3, 0.4) is 0 Å². The van der Waals surface area contributed by atoms with E-state index in [0.29, 0.717) is 12.4 Å². The van der Waals surface area contributed by atoms with E-state index in [-0.39, 0.29) is 20.8 Å². The molecule has 3 rings (SSSR count). The molecule has 1 amide bonds. The molecule has 0 unspecified atom stereocenters. The second kappa shape index (κ2) is 7.21. The van der Waals surface area contributed by atoms with Gasteiger partial charge in [-0.2, -0.15) is 5.10 Å². The molecule has 0 atom stereocenters. The molecular weight excluding hydrogens is 371 g/mol. The Hall–Kier alpha value is -2.08. The standard InChI is InChI=1S/C16H11Cl3N4O/c17-11-8-20-15(14(19)13(11)18)16(24)22-12-6-7-21-23(12)9-10-4-2-1-3-5-10/h1-8H,9H2,(H,22,24). The summed E-state index contributed by atoms with van der Waals surface area (Å²) in [7, 11) is 0. The van der Waals surface area contributed by atoms with Crippen molar-refractivity contribution >= 4 is 46.5 Å². The van der Waals surface area contributed by atoms with Crippen molar-refractivity contribution in [3.05, 3.63) is 75.1 Å². The number of benzene rings is 1. The maximum Gasteiger partial charge on any atom is 0.277 e. The number of carbonyl (C=O) groups is 1. The Morgan fingerprint density at radius 1 is 1.08 bits per heavy atom. The van der Waals surface area contributed by atoms with Crippen molar-refractivity contribution in [3.8, 4) is 0 Å². The molecule has 122 valence electrons. The molecule has 3 aromatic rings. The van der Waals surface area contributed by atoms with Gasteiger partial charge in [-0.15, -0.1) is 0 Å². The van der Waals surface area contributed by atoms with Crippen LogP contribution in [0.5, 0.6) is 0 Å². The highest BCUT2D eigenvalue weighted by molar-refractivity contribution is 6.49. The third-order valence-corrected chi connectivity index (χ3v) is 4.51. The van der Waals surface area contributed by atoms with Crippen molar-refractivity contribution in [2.75, 3.05) is 5.32 Å². The number of hydrogen-bond acceptors (Lipinski definition) is 3. The predicted molar refractivity (Wildman–Crippen MR) is 95.0 cm³/mol. The Labute approximate surface area is 153 Å². The number of aromatic nitrogens is 3. The fourth-order valence-electron chi connectivity index (χ4n) is 2.10. The lowest BCUT2D eigenvalue weighted by molar-refractivity contribution is 0.102. The van der Waals surface area contributed by atoms with E-state index >= 15 is 0 Å². The molecule has 0 aliphatic heterocycles. The highest BCUT2D eigenvalue weighted by Crippen LogP contribution is 2.31. The van der Waals surface area contributed by atoms with Crippen LogP contribution in [0.25, 0.3) is 0 Å². The van der Waals surface area contributed by atoms with Crippen LogP contribution < -0.4 is 5.32 Å². The van der Waals surface area contributed by atoms with Gasteiger partial charge in [0.2, 0.25) is 0 Å². The van der Waals surface area contributed by atoms with Crippen LogP contribution >= 0.6 is 34.8 Å². The van der Waals surface area contributed by atoms with E-state index in [4.69, 9.17) is 34.8 Å². The average Bonchev–Trinajstić information content (AvgIpc) is 3.00. The van der Waals surface area contributed by atoms with Crippen LogP contribution in [0.2, 0.25) is 15.1 Å². The number of carbonyl (C=O) groups excluding carboxylic acids is 1. The minimum Gasteiger partial charge on any atom is -0.305 e. The molecule has 2 heterocycles. The van der Waals surface area contributed by atoms with Crippen LogP contribution in [-0.4, -0.2) is 20.7 Å². The predicted octanol–water partition coefficient (Wildman–Crippen LogP) is 4.54. The lowest BCUT2D eigenvalue weighted by Crippen LogP contribution is -2.18. The maximum atomic E-state index is 12.4. The Morgan fingerprint density at radius 2 is 1.83 bits per heavy atom. The van der Waals surface area contributed by atoms with Crippen LogP contribution in [0, 0.1) is 0 Å². The molecule has 1 N–H and O–H groups in total. The number of rotatable bonds is 4. The van der Waals surface area contributed by atoms with E-state index in [1.807, 2.05) is 30.3 Å². The SMILES string of the molecule is O=C(Nc1ccnn1Cc1ccccc1)c1ncc(Cl)c(Cl)c1Cl. The van der Waals surface area contributed by atoms with E-state index in [1.165, 1.54) is 6.20 Å². The number of nitrogens with zero attached hydrogens (tertiary/aromatic N) is 3. The average molecular weight is 382 g/mol. The molecule has 0 saturated carbocycles. The number of anilines is 1. The summed E-state index contributed by atoms with van der Waals surface area (Å²) in [5, 5.41) is 7.23. The smallest absolute Gasteiger partial charge is 0.277 e. The molecule has 0 aliphatic carbocycles. The zero-order valence-electron chi connectivity index (χ0n) is 12.2. The third-order valence-electron chi connectivity index (χ3n) is 3.27. The number of nitrogens with one attached hydrogen (secondary N) is 1. The molecule has 8 heteroatoms. The van der Waals surface area contributed by atoms with Crippen molar-refractivity contribution in [2.45, 2.75) is 6.54 Å². The molecule has 0 aliphatic rings. The number of halogens is 3. The van der Waals surface area contributed by atoms with Crippen molar-refractivity contribution in [1.82, 2.24) is 14.8 Å². The van der Waals surface area contributed by atoms with Gasteiger partial charge in [-0.1, -0.05) is 65.1 Å². The molecule has 1 aromatic carbocycles. The van der Waals surface area contributed by atoms with Crippen molar-refractivity contribution in [2.24, 2.45) is 0 Å². The normalized spacial score (nSPS) is 10.6. The summed E-state index contributed by atoms with van der Waals surface area (Å²) < 4.78 is 1.67. The first-order valence-corrected chi connectivity index (χ1v) is 8.06. The fraction of sp³-hybridized carbons (Fsp3) is 0.0625. The van der Waals surface area contributed by atoms with Crippen LogP contribution in [-0.2, 0) is 6.54 Å². The largest absolute Gasteiger partial charge is 0.305 e. The maximum absolute atomic E-state index is 12.4. The van der Waals surface area contributed by atoms with Gasteiger partial charge < -0.3 is 5.32 Å². The molecule has 2 aromatic heterocycles. The Bertz CT molecular complexity index is 880. The zero-order valence-corrected chi connectivity index (χ0v) is 14.5. The Balaban J connectivity index is 1.81. The van der Waals surface area contributed by atoms with Gasteiger partial charge in [0.15, 0.2) is 0 Å². The Kier molecular flexibility index (Phi) is 5.04. The molecule has 0 spiro atoms. The molecule has 0 bridgehead atoms. The molecule has 5 nitrogen and oxygen atoms in total. The van der Waals surface area contributed by atoms with Crippen LogP contribution in [0.1, 0.15) is 16.1 Å². The summed E-state index contributed by atoms with van der Waals surface area (Å²) in [5.41, 5.74) is 1.06. The topological polar surface area (TPSA) is 59.8 Å². The molecule has 0 radical (unpaired) electrons. The van der Waals surface area contributed by atoms with Gasteiger partial charge in [0, 0.05) is 12.3 Å². The van der Waals surface area contributed by atoms with Gasteiger partial charge in [0.25, 0.3) is 5.91 Å².